The molecule has 2 heterocycles. The fraction of sp³-hybridized carbons (Fsp3) is 0.562. The second-order valence-electron chi connectivity index (χ2n) is 5.53. The first-order valence-corrected chi connectivity index (χ1v) is 7.35. The van der Waals surface area contributed by atoms with Gasteiger partial charge in [0.25, 0.3) is 0 Å². The number of hydrogen-bond donors (Lipinski definition) is 0. The van der Waals surface area contributed by atoms with Crippen LogP contribution in [0.25, 0.3) is 0 Å². The van der Waals surface area contributed by atoms with Crippen LogP contribution < -0.4 is 4.74 Å². The SMILES string of the molecule is N#Cc1ccccc1OCCCN1CC2CCC(C1)O2. The van der Waals surface area contributed by atoms with E-state index in [2.05, 4.69) is 11.0 Å². The maximum Gasteiger partial charge on any atom is 0.137 e. The molecule has 0 aliphatic carbocycles. The summed E-state index contributed by atoms with van der Waals surface area (Å²) in [5.74, 6) is 0.692. The van der Waals surface area contributed by atoms with Crippen molar-refractivity contribution in [2.45, 2.75) is 31.5 Å². The molecule has 0 radical (unpaired) electrons. The third kappa shape index (κ3) is 3.12. The van der Waals surface area contributed by atoms with E-state index in [-0.39, 0.29) is 0 Å². The minimum absolute atomic E-state index is 0.453. The number of nitrogens with zero attached hydrogens (tertiary/aromatic N) is 2. The molecule has 0 saturated carbocycles. The van der Waals surface area contributed by atoms with Crippen LogP contribution in [0.3, 0.4) is 0 Å². The highest BCUT2D eigenvalue weighted by Crippen LogP contribution is 2.26. The summed E-state index contributed by atoms with van der Waals surface area (Å²) in [4.78, 5) is 2.48. The van der Waals surface area contributed by atoms with E-state index >= 15 is 0 Å². The third-order valence-electron chi connectivity index (χ3n) is 4.00. The van der Waals surface area contributed by atoms with E-state index in [1.165, 1.54) is 12.8 Å². The van der Waals surface area contributed by atoms with Crippen molar-refractivity contribution in [1.82, 2.24) is 4.90 Å². The van der Waals surface area contributed by atoms with E-state index in [1.807, 2.05) is 18.2 Å². The first kappa shape index (κ1) is 13.4. The molecule has 2 bridgehead atoms. The molecular weight excluding hydrogens is 252 g/mol. The molecule has 0 aromatic heterocycles. The summed E-state index contributed by atoms with van der Waals surface area (Å²) in [5.41, 5.74) is 0.608. The molecule has 1 aromatic rings. The van der Waals surface area contributed by atoms with Gasteiger partial charge in [-0.05, 0) is 31.4 Å². The largest absolute Gasteiger partial charge is 0.492 e. The molecule has 106 valence electrons. The van der Waals surface area contributed by atoms with E-state index in [0.717, 1.165) is 26.1 Å². The topological polar surface area (TPSA) is 45.5 Å². The van der Waals surface area contributed by atoms with Gasteiger partial charge < -0.3 is 9.47 Å². The van der Waals surface area contributed by atoms with Crippen LogP contribution in [0.4, 0.5) is 0 Å². The summed E-state index contributed by atoms with van der Waals surface area (Å²) < 4.78 is 11.5. The molecule has 2 saturated heterocycles. The molecule has 0 amide bonds. The second kappa shape index (κ2) is 6.25. The van der Waals surface area contributed by atoms with Gasteiger partial charge in [-0.15, -0.1) is 0 Å². The average Bonchev–Trinajstić information content (AvgIpc) is 2.83. The van der Waals surface area contributed by atoms with Gasteiger partial charge in [-0.2, -0.15) is 5.26 Å². The van der Waals surface area contributed by atoms with Gasteiger partial charge in [-0.3, -0.25) is 4.90 Å². The Morgan fingerprint density at radius 1 is 1.25 bits per heavy atom. The van der Waals surface area contributed by atoms with Gasteiger partial charge in [0.15, 0.2) is 0 Å². The fourth-order valence-corrected chi connectivity index (χ4v) is 3.04. The lowest BCUT2D eigenvalue weighted by molar-refractivity contribution is -0.0391. The number of rotatable bonds is 5. The van der Waals surface area contributed by atoms with Gasteiger partial charge in [-0.1, -0.05) is 12.1 Å². The normalized spacial score (nSPS) is 25.4. The number of ether oxygens (including phenoxy) is 2. The van der Waals surface area contributed by atoms with Crippen LogP contribution in [0, 0.1) is 11.3 Å². The van der Waals surface area contributed by atoms with Crippen LogP contribution in [0.15, 0.2) is 24.3 Å². The number of benzene rings is 1. The highest BCUT2D eigenvalue weighted by atomic mass is 16.5. The number of fused-ring (bicyclic) bond motifs is 2. The van der Waals surface area contributed by atoms with Crippen LogP contribution in [0.5, 0.6) is 5.75 Å². The van der Waals surface area contributed by atoms with E-state index in [0.29, 0.717) is 30.1 Å². The lowest BCUT2D eigenvalue weighted by Crippen LogP contribution is -2.43. The van der Waals surface area contributed by atoms with E-state index in [9.17, 15) is 0 Å². The molecule has 1 aromatic carbocycles. The van der Waals surface area contributed by atoms with Gasteiger partial charge in [0.05, 0.1) is 24.4 Å². The predicted octanol–water partition coefficient (Wildman–Crippen LogP) is 2.19. The fourth-order valence-electron chi connectivity index (χ4n) is 3.04. The molecule has 2 aliphatic heterocycles. The summed E-state index contributed by atoms with van der Waals surface area (Å²) in [6.07, 6.45) is 4.32. The Morgan fingerprint density at radius 3 is 2.75 bits per heavy atom. The Labute approximate surface area is 119 Å². The molecule has 3 rings (SSSR count). The molecule has 4 nitrogen and oxygen atoms in total. The second-order valence-corrected chi connectivity index (χ2v) is 5.53. The summed E-state index contributed by atoms with van der Waals surface area (Å²) in [7, 11) is 0. The molecule has 2 fully saturated rings. The average molecular weight is 272 g/mol. The predicted molar refractivity (Wildman–Crippen MR) is 75.6 cm³/mol. The van der Waals surface area contributed by atoms with Crippen LogP contribution >= 0.6 is 0 Å². The van der Waals surface area contributed by atoms with Crippen LogP contribution in [-0.2, 0) is 4.74 Å². The zero-order valence-corrected chi connectivity index (χ0v) is 11.6. The first-order valence-electron chi connectivity index (χ1n) is 7.35. The number of para-hydroxylation sites is 1. The third-order valence-corrected chi connectivity index (χ3v) is 4.00. The minimum atomic E-state index is 0.453. The standard InChI is InChI=1S/C16H20N2O2/c17-10-13-4-1-2-5-16(13)19-9-3-8-18-11-14-6-7-15(12-18)20-14/h1-2,4-5,14-15H,3,6-9,11-12H2. The molecule has 4 heteroatoms. The minimum Gasteiger partial charge on any atom is -0.492 e. The summed E-state index contributed by atoms with van der Waals surface area (Å²) in [5, 5.41) is 8.99. The quantitative estimate of drug-likeness (QED) is 0.771. The Balaban J connectivity index is 1.41. The van der Waals surface area contributed by atoms with Crippen LogP contribution in [-0.4, -0.2) is 43.3 Å². The molecule has 2 aliphatic rings. The van der Waals surface area contributed by atoms with E-state index in [1.54, 1.807) is 6.07 Å². The van der Waals surface area contributed by atoms with Crippen molar-refractivity contribution in [1.29, 1.82) is 5.26 Å². The maximum atomic E-state index is 8.99. The van der Waals surface area contributed by atoms with Gasteiger partial charge in [0, 0.05) is 19.6 Å². The molecule has 2 atom stereocenters. The zero-order valence-electron chi connectivity index (χ0n) is 11.6. The number of likely N-dealkylation sites (tertiary alicyclic amines) is 1. The number of hydrogen-bond acceptors (Lipinski definition) is 4. The van der Waals surface area contributed by atoms with Gasteiger partial charge >= 0.3 is 0 Å². The summed E-state index contributed by atoms with van der Waals surface area (Å²) >= 11 is 0. The van der Waals surface area contributed by atoms with Crippen molar-refractivity contribution >= 4 is 0 Å². The Bertz CT molecular complexity index is 485. The Kier molecular flexibility index (Phi) is 4.19. The molecule has 2 unspecified atom stereocenters. The van der Waals surface area contributed by atoms with Crippen molar-refractivity contribution in [3.8, 4) is 11.8 Å². The van der Waals surface area contributed by atoms with Crippen LogP contribution in [0.1, 0.15) is 24.8 Å². The first-order chi connectivity index (χ1) is 9.85. The van der Waals surface area contributed by atoms with Crippen molar-refractivity contribution in [2.75, 3.05) is 26.2 Å². The van der Waals surface area contributed by atoms with Crippen molar-refractivity contribution in [2.24, 2.45) is 0 Å². The monoisotopic (exact) mass is 272 g/mol. The molecular formula is C16H20N2O2. The molecule has 0 spiro atoms. The highest BCUT2D eigenvalue weighted by Gasteiger charge is 2.33. The van der Waals surface area contributed by atoms with Crippen molar-refractivity contribution in [3.63, 3.8) is 0 Å². The molecule has 20 heavy (non-hydrogen) atoms. The number of morpholine rings is 1. The van der Waals surface area contributed by atoms with Crippen LogP contribution in [0.2, 0.25) is 0 Å². The molecule has 0 N–H and O–H groups in total. The Morgan fingerprint density at radius 2 is 2.00 bits per heavy atom. The van der Waals surface area contributed by atoms with E-state index in [4.69, 9.17) is 14.7 Å². The summed E-state index contributed by atoms with van der Waals surface area (Å²) in [6, 6.07) is 9.55. The van der Waals surface area contributed by atoms with Gasteiger partial charge in [-0.25, -0.2) is 0 Å². The maximum absolute atomic E-state index is 8.99. The van der Waals surface area contributed by atoms with Crippen molar-refractivity contribution in [3.05, 3.63) is 29.8 Å². The van der Waals surface area contributed by atoms with Gasteiger partial charge in [0.2, 0.25) is 0 Å². The Hall–Kier alpha value is -1.57. The highest BCUT2D eigenvalue weighted by molar-refractivity contribution is 5.42. The zero-order chi connectivity index (χ0) is 13.8. The lowest BCUT2D eigenvalue weighted by atomic mass is 10.2. The van der Waals surface area contributed by atoms with Gasteiger partial charge in [0.1, 0.15) is 11.8 Å². The van der Waals surface area contributed by atoms with Crippen molar-refractivity contribution < 1.29 is 9.47 Å². The number of nitriles is 1. The smallest absolute Gasteiger partial charge is 0.137 e. The lowest BCUT2D eigenvalue weighted by Gasteiger charge is -2.31. The summed E-state index contributed by atoms with van der Waals surface area (Å²) in [6.45, 7) is 3.83. The van der Waals surface area contributed by atoms with E-state index < -0.39 is 0 Å².